The van der Waals surface area contributed by atoms with Crippen molar-refractivity contribution in [3.63, 3.8) is 0 Å². The summed E-state index contributed by atoms with van der Waals surface area (Å²) in [6.45, 7) is 1.22. The summed E-state index contributed by atoms with van der Waals surface area (Å²) >= 11 is 0. The normalized spacial score (nSPS) is 17.4. The number of likely N-dealkylation sites (N-methyl/N-ethyl adjacent to an activating group) is 1. The number of carbonyl (C=O) groups is 1. The molecule has 0 aromatic heterocycles. The van der Waals surface area contributed by atoms with Crippen molar-refractivity contribution < 1.29 is 14.4 Å². The van der Waals surface area contributed by atoms with Gasteiger partial charge in [0.2, 0.25) is 0 Å². The van der Waals surface area contributed by atoms with Gasteiger partial charge in [-0.2, -0.15) is 0 Å². The van der Waals surface area contributed by atoms with Crippen molar-refractivity contribution in [3.05, 3.63) is 65.2 Å². The van der Waals surface area contributed by atoms with Crippen LogP contribution in [0.5, 0.6) is 5.75 Å². The maximum absolute atomic E-state index is 12.5. The number of para-hydroxylation sites is 1. The molecule has 1 unspecified atom stereocenters. The van der Waals surface area contributed by atoms with Gasteiger partial charge < -0.3 is 15.0 Å². The van der Waals surface area contributed by atoms with E-state index in [1.54, 1.807) is 7.11 Å². The molecule has 0 aliphatic heterocycles. The van der Waals surface area contributed by atoms with Crippen molar-refractivity contribution in [2.75, 3.05) is 20.7 Å². The van der Waals surface area contributed by atoms with Crippen molar-refractivity contribution >= 4 is 5.91 Å². The number of aryl methyl sites for hydroxylation is 1. The van der Waals surface area contributed by atoms with Crippen LogP contribution in [0.4, 0.5) is 0 Å². The summed E-state index contributed by atoms with van der Waals surface area (Å²) in [6.07, 6.45) is 3.27. The van der Waals surface area contributed by atoms with E-state index in [1.165, 1.54) is 11.1 Å². The van der Waals surface area contributed by atoms with Crippen molar-refractivity contribution in [1.29, 1.82) is 0 Å². The molecule has 0 saturated carbocycles. The molecule has 132 valence electrons. The van der Waals surface area contributed by atoms with Crippen molar-refractivity contribution in [2.24, 2.45) is 0 Å². The molecule has 0 heterocycles. The van der Waals surface area contributed by atoms with Crippen LogP contribution in [-0.4, -0.2) is 26.6 Å². The van der Waals surface area contributed by atoms with E-state index in [9.17, 15) is 4.79 Å². The van der Waals surface area contributed by atoms with Gasteiger partial charge in [0.1, 0.15) is 12.3 Å². The van der Waals surface area contributed by atoms with Crippen LogP contribution in [0.25, 0.3) is 0 Å². The second kappa shape index (κ2) is 8.17. The molecule has 4 nitrogen and oxygen atoms in total. The number of fused-ring (bicyclic) bond motifs is 1. The quantitative estimate of drug-likeness (QED) is 0.844. The average Bonchev–Trinajstić information content (AvgIpc) is 2.62. The minimum absolute atomic E-state index is 0.106. The predicted molar refractivity (Wildman–Crippen MR) is 98.7 cm³/mol. The highest BCUT2D eigenvalue weighted by atomic mass is 16.5. The summed E-state index contributed by atoms with van der Waals surface area (Å²) in [5.41, 5.74) is 3.77. The fourth-order valence-corrected chi connectivity index (χ4v) is 3.66. The molecule has 0 spiro atoms. The first-order valence-electron chi connectivity index (χ1n) is 8.97. The van der Waals surface area contributed by atoms with Gasteiger partial charge in [0.15, 0.2) is 6.54 Å². The maximum atomic E-state index is 12.5. The smallest absolute Gasteiger partial charge is 0.275 e. The number of nitrogens with one attached hydrogen (secondary N) is 2. The average molecular weight is 339 g/mol. The van der Waals surface area contributed by atoms with Gasteiger partial charge in [-0.15, -0.1) is 0 Å². The molecule has 1 aliphatic rings. The summed E-state index contributed by atoms with van der Waals surface area (Å²) in [6, 6.07) is 16.6. The number of ether oxygens (including phenoxy) is 1. The topological polar surface area (TPSA) is 42.8 Å². The monoisotopic (exact) mass is 339 g/mol. The van der Waals surface area contributed by atoms with Gasteiger partial charge >= 0.3 is 0 Å². The van der Waals surface area contributed by atoms with Crippen LogP contribution in [0, 0.1) is 0 Å². The largest absolute Gasteiger partial charge is 0.496 e. The van der Waals surface area contributed by atoms with E-state index in [0.717, 1.165) is 42.0 Å². The number of methoxy groups -OCH3 is 1. The van der Waals surface area contributed by atoms with Crippen LogP contribution in [-0.2, 0) is 17.8 Å². The lowest BCUT2D eigenvalue weighted by molar-refractivity contribution is -0.885. The molecule has 4 heteroatoms. The molecule has 1 amide bonds. The van der Waals surface area contributed by atoms with Gasteiger partial charge in [0, 0.05) is 5.56 Å². The fourth-order valence-electron chi connectivity index (χ4n) is 3.66. The van der Waals surface area contributed by atoms with E-state index in [1.807, 2.05) is 25.2 Å². The van der Waals surface area contributed by atoms with Gasteiger partial charge in [-0.3, -0.25) is 4.79 Å². The number of amides is 1. The lowest BCUT2D eigenvalue weighted by Crippen LogP contribution is -3.08. The first-order chi connectivity index (χ1) is 12.2. The standard InChI is InChI=1S/C21H26N2O2/c1-23(14-17-9-4-6-13-20(17)25-2)15-21(24)22-19-12-7-10-16-8-3-5-11-18(16)19/h3-6,8-9,11,13,19H,7,10,12,14-15H2,1-2H3,(H,22,24)/p+1/t19-/m0/s1. The molecule has 0 bridgehead atoms. The van der Waals surface area contributed by atoms with Crippen LogP contribution in [0.3, 0.4) is 0 Å². The molecule has 25 heavy (non-hydrogen) atoms. The van der Waals surface area contributed by atoms with Crippen LogP contribution < -0.4 is 15.0 Å². The third kappa shape index (κ3) is 4.40. The molecule has 2 atom stereocenters. The second-order valence-corrected chi connectivity index (χ2v) is 6.83. The molecule has 2 aromatic rings. The third-order valence-corrected chi connectivity index (χ3v) is 4.85. The number of carbonyl (C=O) groups excluding carboxylic acids is 1. The lowest BCUT2D eigenvalue weighted by Gasteiger charge is -2.26. The molecular weight excluding hydrogens is 312 g/mol. The van der Waals surface area contributed by atoms with E-state index >= 15 is 0 Å². The number of benzene rings is 2. The highest BCUT2D eigenvalue weighted by molar-refractivity contribution is 5.77. The number of quaternary nitrogens is 1. The summed E-state index contributed by atoms with van der Waals surface area (Å²) < 4.78 is 5.40. The molecule has 3 rings (SSSR count). The van der Waals surface area contributed by atoms with Gasteiger partial charge in [-0.05, 0) is 42.5 Å². The highest BCUT2D eigenvalue weighted by Gasteiger charge is 2.22. The Morgan fingerprint density at radius 2 is 1.96 bits per heavy atom. The SMILES string of the molecule is COc1ccccc1C[NH+](C)CC(=O)N[C@H]1CCCc2ccccc21. The Morgan fingerprint density at radius 1 is 1.20 bits per heavy atom. The second-order valence-electron chi connectivity index (χ2n) is 6.83. The zero-order valence-corrected chi connectivity index (χ0v) is 15.0. The summed E-state index contributed by atoms with van der Waals surface area (Å²) in [4.78, 5) is 13.7. The maximum Gasteiger partial charge on any atom is 0.275 e. The van der Waals surface area contributed by atoms with Crippen LogP contribution >= 0.6 is 0 Å². The Morgan fingerprint density at radius 3 is 2.80 bits per heavy atom. The van der Waals surface area contributed by atoms with Crippen molar-refractivity contribution in [3.8, 4) is 5.75 Å². The Bertz CT molecular complexity index is 729. The van der Waals surface area contributed by atoms with Crippen LogP contribution in [0.2, 0.25) is 0 Å². The molecule has 0 fully saturated rings. The third-order valence-electron chi connectivity index (χ3n) is 4.85. The first kappa shape index (κ1) is 17.5. The Kier molecular flexibility index (Phi) is 5.71. The minimum atomic E-state index is 0.106. The number of rotatable bonds is 6. The van der Waals surface area contributed by atoms with Crippen LogP contribution in [0.15, 0.2) is 48.5 Å². The lowest BCUT2D eigenvalue weighted by atomic mass is 9.88. The fraction of sp³-hybridized carbons (Fsp3) is 0.381. The van der Waals surface area contributed by atoms with E-state index < -0.39 is 0 Å². The van der Waals surface area contributed by atoms with E-state index in [2.05, 4.69) is 35.6 Å². The molecular formula is C21H27N2O2+. The highest BCUT2D eigenvalue weighted by Crippen LogP contribution is 2.29. The molecule has 2 N–H and O–H groups in total. The first-order valence-corrected chi connectivity index (χ1v) is 8.97. The number of hydrogen-bond donors (Lipinski definition) is 2. The van der Waals surface area contributed by atoms with Gasteiger partial charge in [0.25, 0.3) is 5.91 Å². The van der Waals surface area contributed by atoms with Gasteiger partial charge in [-0.25, -0.2) is 0 Å². The molecule has 1 aliphatic carbocycles. The van der Waals surface area contributed by atoms with Crippen molar-refractivity contribution in [2.45, 2.75) is 31.8 Å². The predicted octanol–water partition coefficient (Wildman–Crippen LogP) is 1.90. The van der Waals surface area contributed by atoms with Crippen molar-refractivity contribution in [1.82, 2.24) is 5.32 Å². The minimum Gasteiger partial charge on any atom is -0.496 e. The van der Waals surface area contributed by atoms with E-state index in [4.69, 9.17) is 4.74 Å². The van der Waals surface area contributed by atoms with Gasteiger partial charge in [-0.1, -0.05) is 36.4 Å². The van der Waals surface area contributed by atoms with E-state index in [-0.39, 0.29) is 11.9 Å². The number of hydrogen-bond acceptors (Lipinski definition) is 2. The Hall–Kier alpha value is -2.33. The Labute approximate surface area is 149 Å². The van der Waals surface area contributed by atoms with Crippen LogP contribution in [0.1, 0.15) is 35.6 Å². The molecule has 0 radical (unpaired) electrons. The molecule has 0 saturated heterocycles. The Balaban J connectivity index is 1.58. The summed E-state index contributed by atoms with van der Waals surface area (Å²) in [5, 5.41) is 3.23. The van der Waals surface area contributed by atoms with E-state index in [0.29, 0.717) is 6.54 Å². The summed E-state index contributed by atoms with van der Waals surface area (Å²) in [5.74, 6) is 0.984. The molecule has 2 aromatic carbocycles. The zero-order valence-electron chi connectivity index (χ0n) is 15.0. The zero-order chi connectivity index (χ0) is 17.6. The summed E-state index contributed by atoms with van der Waals surface area (Å²) in [7, 11) is 3.72. The van der Waals surface area contributed by atoms with Gasteiger partial charge in [0.05, 0.1) is 20.2 Å².